The van der Waals surface area contributed by atoms with Crippen molar-refractivity contribution in [3.05, 3.63) is 58.6 Å². The molecule has 1 saturated heterocycles. The van der Waals surface area contributed by atoms with Crippen LogP contribution in [0.3, 0.4) is 0 Å². The Morgan fingerprint density at radius 3 is 2.55 bits per heavy atom. The van der Waals surface area contributed by atoms with Crippen molar-refractivity contribution in [3.63, 3.8) is 0 Å². The fourth-order valence-corrected chi connectivity index (χ4v) is 7.52. The number of nitrogens with zero attached hydrogens (tertiary/aromatic N) is 3. The molecule has 8 heteroatoms. The van der Waals surface area contributed by atoms with E-state index in [0.29, 0.717) is 16.6 Å². The van der Waals surface area contributed by atoms with Gasteiger partial charge in [0.15, 0.2) is 0 Å². The third-order valence-electron chi connectivity index (χ3n) is 5.69. The molecule has 0 spiro atoms. The monoisotopic (exact) mass is 574 g/mol. The summed E-state index contributed by atoms with van der Waals surface area (Å²) < 4.78 is 2.51. The van der Waals surface area contributed by atoms with Crippen molar-refractivity contribution in [1.29, 1.82) is 0 Å². The van der Waals surface area contributed by atoms with E-state index in [1.54, 1.807) is 4.90 Å². The number of urea groups is 1. The molecular formula is C23H26Cl2N4OTe. The maximum absolute atomic E-state index is 12.0. The van der Waals surface area contributed by atoms with Gasteiger partial charge in [0.05, 0.1) is 5.02 Å². The molecule has 3 aromatic rings. The molecule has 2 amide bonds. The molecule has 0 aliphatic carbocycles. The number of rotatable bonds is 7. The Morgan fingerprint density at radius 2 is 1.81 bits per heavy atom. The van der Waals surface area contributed by atoms with Gasteiger partial charge < -0.3 is 0 Å². The van der Waals surface area contributed by atoms with Gasteiger partial charge in [-0.1, -0.05) is 29.3 Å². The van der Waals surface area contributed by atoms with E-state index in [1.807, 2.05) is 24.3 Å². The van der Waals surface area contributed by atoms with Crippen LogP contribution < -0.4 is 15.5 Å². The van der Waals surface area contributed by atoms with E-state index in [9.17, 15) is 4.79 Å². The van der Waals surface area contributed by atoms with E-state index >= 15 is 0 Å². The standard InChI is InChI=1S/C23H26Cl2N4OTe/c24-18-7-5-8-19(22(18)25)28-14-12-27(13-15-28)10-3-4-11-29(23(26)30)21-16-17-6-1-2-9-20(17)31-21/h1-2,5-9,16H,3-4,10-15H2,(H2,26,30). The molecule has 0 unspecified atom stereocenters. The summed E-state index contributed by atoms with van der Waals surface area (Å²) in [5.41, 5.74) is 6.72. The molecule has 2 heterocycles. The second-order valence-corrected chi connectivity index (χ2v) is 11.5. The van der Waals surface area contributed by atoms with Crippen LogP contribution >= 0.6 is 23.2 Å². The molecule has 1 aromatic heterocycles. The second-order valence-electron chi connectivity index (χ2n) is 7.72. The van der Waals surface area contributed by atoms with Gasteiger partial charge in [-0.3, -0.25) is 0 Å². The topological polar surface area (TPSA) is 52.8 Å². The van der Waals surface area contributed by atoms with Crippen molar-refractivity contribution in [3.8, 4) is 0 Å². The number of anilines is 2. The molecule has 0 bridgehead atoms. The van der Waals surface area contributed by atoms with Crippen molar-refractivity contribution < 1.29 is 4.79 Å². The Kier molecular flexibility index (Phi) is 7.68. The number of benzene rings is 2. The first kappa shape index (κ1) is 22.8. The van der Waals surface area contributed by atoms with E-state index in [0.717, 1.165) is 55.0 Å². The molecule has 2 aromatic carbocycles. The zero-order valence-corrected chi connectivity index (χ0v) is 21.1. The Hall–Kier alpha value is -1.42. The van der Waals surface area contributed by atoms with Gasteiger partial charge in [0.25, 0.3) is 0 Å². The molecule has 1 fully saturated rings. The van der Waals surface area contributed by atoms with E-state index in [1.165, 1.54) is 8.79 Å². The first-order valence-electron chi connectivity index (χ1n) is 10.5. The molecular weight excluding hydrogens is 547 g/mol. The summed E-state index contributed by atoms with van der Waals surface area (Å²) in [6.45, 7) is 5.58. The predicted octanol–water partition coefficient (Wildman–Crippen LogP) is 4.69. The average molecular weight is 573 g/mol. The van der Waals surface area contributed by atoms with Crippen LogP contribution in [0.4, 0.5) is 14.2 Å². The number of carbonyl (C=O) groups is 1. The van der Waals surface area contributed by atoms with Gasteiger partial charge in [0, 0.05) is 0 Å². The normalized spacial score (nSPS) is 14.8. The molecule has 0 atom stereocenters. The van der Waals surface area contributed by atoms with E-state index in [-0.39, 0.29) is 6.03 Å². The molecule has 4 rings (SSSR count). The molecule has 0 saturated carbocycles. The van der Waals surface area contributed by atoms with E-state index < -0.39 is 20.4 Å². The number of primary amides is 1. The van der Waals surface area contributed by atoms with Gasteiger partial charge >= 0.3 is 163 Å². The van der Waals surface area contributed by atoms with E-state index in [4.69, 9.17) is 28.9 Å². The molecule has 1 aliphatic heterocycles. The number of hydrogen-bond acceptors (Lipinski definition) is 3. The van der Waals surface area contributed by atoms with Gasteiger partial charge in [-0.25, -0.2) is 0 Å². The Labute approximate surface area is 202 Å². The summed E-state index contributed by atoms with van der Waals surface area (Å²) in [5, 5.41) is 2.48. The van der Waals surface area contributed by atoms with Crippen LogP contribution in [0.25, 0.3) is 8.79 Å². The molecule has 1 aliphatic rings. The number of fused-ring (bicyclic) bond motifs is 1. The van der Waals surface area contributed by atoms with Gasteiger partial charge in [-0.15, -0.1) is 0 Å². The summed E-state index contributed by atoms with van der Waals surface area (Å²) in [7, 11) is 0. The summed E-state index contributed by atoms with van der Waals surface area (Å²) in [6.07, 6.45) is 1.99. The Morgan fingerprint density at radius 1 is 1.03 bits per heavy atom. The number of amides is 2. The molecule has 5 nitrogen and oxygen atoms in total. The fourth-order valence-electron chi connectivity index (χ4n) is 3.98. The first-order chi connectivity index (χ1) is 15.0. The Balaban J connectivity index is 1.25. The summed E-state index contributed by atoms with van der Waals surface area (Å²) in [5.74, 6) is 0. The van der Waals surface area contributed by atoms with Gasteiger partial charge in [-0.2, -0.15) is 0 Å². The maximum atomic E-state index is 12.0. The summed E-state index contributed by atoms with van der Waals surface area (Å²) >= 11 is 12.0. The molecule has 31 heavy (non-hydrogen) atoms. The summed E-state index contributed by atoms with van der Waals surface area (Å²) in [6, 6.07) is 16.0. The predicted molar refractivity (Wildman–Crippen MR) is 132 cm³/mol. The third kappa shape index (κ3) is 5.50. The number of hydrogen-bond donors (Lipinski definition) is 1. The van der Waals surface area contributed by atoms with Crippen molar-refractivity contribution in [2.24, 2.45) is 5.73 Å². The van der Waals surface area contributed by atoms with Gasteiger partial charge in [0.2, 0.25) is 0 Å². The van der Waals surface area contributed by atoms with Crippen LogP contribution in [0.2, 0.25) is 10.0 Å². The third-order valence-corrected chi connectivity index (χ3v) is 9.75. The number of halogens is 2. The van der Waals surface area contributed by atoms with Gasteiger partial charge in [-0.05, 0) is 6.07 Å². The van der Waals surface area contributed by atoms with Crippen LogP contribution in [0.1, 0.15) is 12.8 Å². The zero-order valence-electron chi connectivity index (χ0n) is 17.3. The SMILES string of the molecule is NC(=O)N(CCCCN1CCN(c2cccc(Cl)c2Cl)CC1)c1cc2ccccc2[te]1. The minimum absolute atomic E-state index is 0.337. The van der Waals surface area contributed by atoms with Crippen LogP contribution in [-0.2, 0) is 0 Å². The van der Waals surface area contributed by atoms with Crippen LogP contribution in [0.5, 0.6) is 0 Å². The number of piperazine rings is 1. The van der Waals surface area contributed by atoms with Crippen molar-refractivity contribution in [1.82, 2.24) is 4.90 Å². The molecule has 0 radical (unpaired) electrons. The Bertz CT molecular complexity index is 1020. The fraction of sp³-hybridized carbons (Fsp3) is 0.348. The average Bonchev–Trinajstić information content (AvgIpc) is 3.19. The van der Waals surface area contributed by atoms with Crippen LogP contribution in [0.15, 0.2) is 48.5 Å². The van der Waals surface area contributed by atoms with E-state index in [2.05, 4.69) is 34.1 Å². The number of carbonyl (C=O) groups excluding carboxylic acids is 1. The van der Waals surface area contributed by atoms with Crippen molar-refractivity contribution >= 4 is 67.8 Å². The first-order valence-corrected chi connectivity index (χ1v) is 13.6. The second kappa shape index (κ2) is 10.5. The quantitative estimate of drug-likeness (QED) is 0.330. The number of nitrogens with two attached hydrogens (primary N) is 1. The molecule has 2 N–H and O–H groups in total. The van der Waals surface area contributed by atoms with Crippen LogP contribution in [-0.4, -0.2) is 70.6 Å². The van der Waals surface area contributed by atoms with Crippen LogP contribution in [0, 0.1) is 0 Å². The zero-order chi connectivity index (χ0) is 21.8. The van der Waals surface area contributed by atoms with Crippen molar-refractivity contribution in [2.75, 3.05) is 49.1 Å². The minimum atomic E-state index is -0.536. The van der Waals surface area contributed by atoms with Crippen molar-refractivity contribution in [2.45, 2.75) is 12.8 Å². The summed E-state index contributed by atoms with van der Waals surface area (Å²) in [4.78, 5) is 18.6. The van der Waals surface area contributed by atoms with Gasteiger partial charge in [0.1, 0.15) is 0 Å². The molecule has 164 valence electrons. The number of unbranched alkanes of at least 4 members (excludes halogenated alkanes) is 1.